The number of hydrogen-bond acceptors (Lipinski definition) is 5. The van der Waals surface area contributed by atoms with Crippen LogP contribution in [0.15, 0.2) is 29.0 Å². The molecule has 19 heavy (non-hydrogen) atoms. The number of rotatable bonds is 4. The van der Waals surface area contributed by atoms with E-state index in [1.807, 2.05) is 25.4 Å². The molecular weight excluding hydrogens is 240 g/mol. The Morgan fingerprint density at radius 2 is 2.37 bits per heavy atom. The molecule has 5 heteroatoms. The Hall–Kier alpha value is -1.75. The van der Waals surface area contributed by atoms with Crippen LogP contribution in [0.3, 0.4) is 0 Å². The molecule has 1 aliphatic rings. The van der Waals surface area contributed by atoms with Crippen molar-refractivity contribution in [1.29, 1.82) is 0 Å². The molecule has 2 atom stereocenters. The van der Waals surface area contributed by atoms with Crippen LogP contribution in [0.5, 0.6) is 0 Å². The molecule has 0 amide bonds. The van der Waals surface area contributed by atoms with Gasteiger partial charge in [0, 0.05) is 24.9 Å². The lowest BCUT2D eigenvalue weighted by molar-refractivity contribution is 0.332. The highest BCUT2D eigenvalue weighted by Gasteiger charge is 2.31. The maximum atomic E-state index is 5.43. The molecule has 1 saturated carbocycles. The highest BCUT2D eigenvalue weighted by Crippen LogP contribution is 2.33. The summed E-state index contributed by atoms with van der Waals surface area (Å²) in [4.78, 5) is 8.63. The normalized spacial score (nSPS) is 22.8. The van der Waals surface area contributed by atoms with Gasteiger partial charge in [-0.15, -0.1) is 0 Å². The standard InChI is InChI=1S/C14H18N4O/c1-15-12-6-2-5-11(12)14-17-13(18-19-14)8-10-4-3-7-16-9-10/h3-4,7,9,11-12,15H,2,5-6,8H2,1H3. The lowest BCUT2D eigenvalue weighted by Crippen LogP contribution is -2.27. The van der Waals surface area contributed by atoms with Crippen LogP contribution >= 0.6 is 0 Å². The van der Waals surface area contributed by atoms with Crippen molar-refractivity contribution in [3.8, 4) is 0 Å². The van der Waals surface area contributed by atoms with Gasteiger partial charge in [0.25, 0.3) is 0 Å². The molecular formula is C14H18N4O. The molecule has 0 bridgehead atoms. The first kappa shape index (κ1) is 12.3. The molecule has 1 fully saturated rings. The number of nitrogens with zero attached hydrogens (tertiary/aromatic N) is 3. The maximum absolute atomic E-state index is 5.43. The van der Waals surface area contributed by atoms with Crippen molar-refractivity contribution in [2.75, 3.05) is 7.05 Å². The summed E-state index contributed by atoms with van der Waals surface area (Å²) in [5.41, 5.74) is 1.10. The summed E-state index contributed by atoms with van der Waals surface area (Å²) in [6.07, 6.45) is 7.80. The Kier molecular flexibility index (Phi) is 3.55. The zero-order valence-electron chi connectivity index (χ0n) is 11.0. The van der Waals surface area contributed by atoms with Gasteiger partial charge in [0.05, 0.1) is 5.92 Å². The van der Waals surface area contributed by atoms with Gasteiger partial charge in [0.15, 0.2) is 5.82 Å². The monoisotopic (exact) mass is 258 g/mol. The minimum absolute atomic E-state index is 0.361. The molecule has 2 unspecified atom stereocenters. The van der Waals surface area contributed by atoms with Gasteiger partial charge in [-0.3, -0.25) is 4.98 Å². The van der Waals surface area contributed by atoms with E-state index >= 15 is 0 Å². The zero-order chi connectivity index (χ0) is 13.1. The Labute approximate surface area is 112 Å². The van der Waals surface area contributed by atoms with Crippen LogP contribution in [0.2, 0.25) is 0 Å². The van der Waals surface area contributed by atoms with Gasteiger partial charge >= 0.3 is 0 Å². The van der Waals surface area contributed by atoms with E-state index in [-0.39, 0.29) is 0 Å². The predicted octanol–water partition coefficient (Wildman–Crippen LogP) is 1.91. The molecule has 0 spiro atoms. The van der Waals surface area contributed by atoms with Crippen LogP contribution in [0.4, 0.5) is 0 Å². The van der Waals surface area contributed by atoms with Crippen LogP contribution in [-0.2, 0) is 6.42 Å². The van der Waals surface area contributed by atoms with Crippen molar-refractivity contribution < 1.29 is 4.52 Å². The average molecular weight is 258 g/mol. The van der Waals surface area contributed by atoms with Gasteiger partial charge in [0.2, 0.25) is 5.89 Å². The van der Waals surface area contributed by atoms with Crippen LogP contribution in [0.1, 0.15) is 42.5 Å². The summed E-state index contributed by atoms with van der Waals surface area (Å²) >= 11 is 0. The first-order chi connectivity index (χ1) is 9.36. The molecule has 1 N–H and O–H groups in total. The fourth-order valence-corrected chi connectivity index (χ4v) is 2.78. The number of hydrogen-bond donors (Lipinski definition) is 1. The molecule has 2 aromatic rings. The number of likely N-dealkylation sites (N-methyl/N-ethyl adjacent to an activating group) is 1. The Morgan fingerprint density at radius 3 is 3.16 bits per heavy atom. The van der Waals surface area contributed by atoms with Crippen LogP contribution < -0.4 is 5.32 Å². The van der Waals surface area contributed by atoms with Crippen molar-refractivity contribution in [2.24, 2.45) is 0 Å². The van der Waals surface area contributed by atoms with E-state index < -0.39 is 0 Å². The molecule has 0 aromatic carbocycles. The second-order valence-corrected chi connectivity index (χ2v) is 5.02. The van der Waals surface area contributed by atoms with Crippen molar-refractivity contribution in [1.82, 2.24) is 20.4 Å². The number of nitrogens with one attached hydrogen (secondary N) is 1. The largest absolute Gasteiger partial charge is 0.339 e. The molecule has 2 heterocycles. The number of aromatic nitrogens is 3. The van der Waals surface area contributed by atoms with E-state index in [1.165, 1.54) is 12.8 Å². The topological polar surface area (TPSA) is 63.8 Å². The second-order valence-electron chi connectivity index (χ2n) is 5.02. The van der Waals surface area contributed by atoms with Gasteiger partial charge in [-0.2, -0.15) is 4.98 Å². The first-order valence-corrected chi connectivity index (χ1v) is 6.75. The van der Waals surface area contributed by atoms with Gasteiger partial charge < -0.3 is 9.84 Å². The van der Waals surface area contributed by atoms with Crippen LogP contribution in [0, 0.1) is 0 Å². The van der Waals surface area contributed by atoms with Gasteiger partial charge in [-0.25, -0.2) is 0 Å². The summed E-state index contributed by atoms with van der Waals surface area (Å²) in [7, 11) is 2.00. The fourth-order valence-electron chi connectivity index (χ4n) is 2.78. The van der Waals surface area contributed by atoms with Gasteiger partial charge in [0.1, 0.15) is 0 Å². The summed E-state index contributed by atoms with van der Waals surface area (Å²) < 4.78 is 5.43. The first-order valence-electron chi connectivity index (χ1n) is 6.75. The molecule has 3 rings (SSSR count). The third-order valence-electron chi connectivity index (χ3n) is 3.77. The van der Waals surface area contributed by atoms with Crippen molar-refractivity contribution in [2.45, 2.75) is 37.6 Å². The quantitative estimate of drug-likeness (QED) is 0.907. The van der Waals surface area contributed by atoms with E-state index in [0.717, 1.165) is 23.7 Å². The van der Waals surface area contributed by atoms with Crippen LogP contribution in [-0.4, -0.2) is 28.2 Å². The molecule has 0 aliphatic heterocycles. The van der Waals surface area contributed by atoms with E-state index in [4.69, 9.17) is 4.52 Å². The Balaban J connectivity index is 1.73. The molecule has 0 saturated heterocycles. The minimum Gasteiger partial charge on any atom is -0.339 e. The van der Waals surface area contributed by atoms with E-state index in [2.05, 4.69) is 20.4 Å². The predicted molar refractivity (Wildman–Crippen MR) is 70.8 cm³/mol. The third-order valence-corrected chi connectivity index (χ3v) is 3.77. The fraction of sp³-hybridized carbons (Fsp3) is 0.500. The average Bonchev–Trinajstić information content (AvgIpc) is 3.07. The zero-order valence-corrected chi connectivity index (χ0v) is 11.0. The van der Waals surface area contributed by atoms with E-state index in [0.29, 0.717) is 18.4 Å². The summed E-state index contributed by atoms with van der Waals surface area (Å²) in [6.45, 7) is 0. The van der Waals surface area contributed by atoms with Gasteiger partial charge in [-0.05, 0) is 31.5 Å². The van der Waals surface area contributed by atoms with E-state index in [1.54, 1.807) is 6.20 Å². The highest BCUT2D eigenvalue weighted by molar-refractivity contribution is 5.14. The lowest BCUT2D eigenvalue weighted by Gasteiger charge is -2.14. The van der Waals surface area contributed by atoms with Crippen molar-refractivity contribution >= 4 is 0 Å². The summed E-state index contributed by atoms with van der Waals surface area (Å²) in [6, 6.07) is 4.41. The molecule has 2 aromatic heterocycles. The third kappa shape index (κ3) is 2.66. The van der Waals surface area contributed by atoms with Gasteiger partial charge in [-0.1, -0.05) is 17.6 Å². The minimum atomic E-state index is 0.361. The second kappa shape index (κ2) is 5.48. The molecule has 1 aliphatic carbocycles. The molecule has 5 nitrogen and oxygen atoms in total. The smallest absolute Gasteiger partial charge is 0.231 e. The van der Waals surface area contributed by atoms with Crippen LogP contribution in [0.25, 0.3) is 0 Å². The summed E-state index contributed by atoms with van der Waals surface area (Å²) in [5, 5.41) is 7.42. The molecule has 0 radical (unpaired) electrons. The lowest BCUT2D eigenvalue weighted by atomic mass is 10.0. The maximum Gasteiger partial charge on any atom is 0.231 e. The summed E-state index contributed by atoms with van der Waals surface area (Å²) in [5.74, 6) is 1.88. The molecule has 100 valence electrons. The van der Waals surface area contributed by atoms with E-state index in [9.17, 15) is 0 Å². The van der Waals surface area contributed by atoms with Crippen molar-refractivity contribution in [3.05, 3.63) is 41.8 Å². The highest BCUT2D eigenvalue weighted by atomic mass is 16.5. The SMILES string of the molecule is CNC1CCCC1c1nc(Cc2cccnc2)no1. The Morgan fingerprint density at radius 1 is 1.42 bits per heavy atom. The number of pyridine rings is 1. The Bertz CT molecular complexity index is 525. The van der Waals surface area contributed by atoms with Crippen molar-refractivity contribution in [3.63, 3.8) is 0 Å².